The van der Waals surface area contributed by atoms with Crippen LogP contribution in [-0.2, 0) is 0 Å². The fourth-order valence-corrected chi connectivity index (χ4v) is 3.04. The Hall–Kier alpha value is -3.46. The summed E-state index contributed by atoms with van der Waals surface area (Å²) in [5.41, 5.74) is 18.7. The summed E-state index contributed by atoms with van der Waals surface area (Å²) in [5.74, 6) is 0. The molecule has 0 radical (unpaired) electrons. The summed E-state index contributed by atoms with van der Waals surface area (Å²) in [4.78, 5) is 5.79. The Balaban J connectivity index is 2.32. The Labute approximate surface area is 124 Å². The summed E-state index contributed by atoms with van der Waals surface area (Å²) in [6, 6.07) is 15.4. The normalized spacial score (nSPS) is 10.7. The molecule has 102 valence electrons. The highest BCUT2D eigenvalue weighted by atomic mass is 15.1. The molecular weight excluding hydrogens is 276 g/mol. The van der Waals surface area contributed by atoms with Crippen molar-refractivity contribution < 1.29 is 0 Å². The molecule has 0 aromatic heterocycles. The van der Waals surface area contributed by atoms with Crippen LogP contribution in [0.25, 0.3) is 53.2 Å². The van der Waals surface area contributed by atoms with Gasteiger partial charge in [0.15, 0.2) is 0 Å². The van der Waals surface area contributed by atoms with Gasteiger partial charge in [0.25, 0.3) is 0 Å². The van der Waals surface area contributed by atoms with E-state index in [9.17, 15) is 0 Å². The van der Waals surface area contributed by atoms with Crippen LogP contribution in [0.3, 0.4) is 0 Å². The van der Waals surface area contributed by atoms with Crippen LogP contribution in [0, 0.1) is 0 Å². The molecule has 0 fully saturated rings. The molecule has 0 aliphatic carbocycles. The maximum atomic E-state index is 8.73. The summed E-state index contributed by atoms with van der Waals surface area (Å²) < 4.78 is 0. The van der Waals surface area contributed by atoms with Gasteiger partial charge in [-0.15, -0.1) is 0 Å². The van der Waals surface area contributed by atoms with Gasteiger partial charge in [0.05, 0.1) is 0 Å². The fourth-order valence-electron chi connectivity index (χ4n) is 3.04. The molecule has 0 amide bonds. The quantitative estimate of drug-likeness (QED) is 0.174. The van der Waals surface area contributed by atoms with Crippen LogP contribution in [-0.4, -0.2) is 0 Å². The van der Waals surface area contributed by atoms with Crippen molar-refractivity contribution in [1.29, 1.82) is 0 Å². The Kier molecular flexibility index (Phi) is 2.53. The van der Waals surface area contributed by atoms with Gasteiger partial charge in [0.2, 0.25) is 0 Å². The van der Waals surface area contributed by atoms with Gasteiger partial charge in [-0.3, -0.25) is 0 Å². The van der Waals surface area contributed by atoms with Gasteiger partial charge in [0, 0.05) is 21.2 Å². The maximum absolute atomic E-state index is 8.73. The van der Waals surface area contributed by atoms with Crippen molar-refractivity contribution in [1.82, 2.24) is 0 Å². The zero-order valence-corrected chi connectivity index (χ0v) is 11.3. The van der Waals surface area contributed by atoms with E-state index in [4.69, 9.17) is 11.1 Å². The summed E-state index contributed by atoms with van der Waals surface area (Å²) in [6.45, 7) is 0. The van der Waals surface area contributed by atoms with Gasteiger partial charge in [-0.25, -0.2) is 0 Å². The van der Waals surface area contributed by atoms with Crippen molar-refractivity contribution in [3.8, 4) is 0 Å². The van der Waals surface area contributed by atoms with E-state index in [0.717, 1.165) is 32.3 Å². The largest absolute Gasteiger partial charge is 0.0601 e. The molecule has 0 atom stereocenters. The third kappa shape index (κ3) is 1.56. The number of nitrogens with zero attached hydrogens (tertiary/aromatic N) is 6. The second-order valence-corrected chi connectivity index (χ2v) is 4.97. The molecule has 4 rings (SSSR count). The predicted molar refractivity (Wildman–Crippen MR) is 87.8 cm³/mol. The lowest BCUT2D eigenvalue weighted by atomic mass is 9.93. The van der Waals surface area contributed by atoms with E-state index in [1.807, 2.05) is 48.5 Å². The third-order valence-corrected chi connectivity index (χ3v) is 3.92. The van der Waals surface area contributed by atoms with Crippen LogP contribution in [0.5, 0.6) is 0 Å². The summed E-state index contributed by atoms with van der Waals surface area (Å²) in [7, 11) is 0. The molecule has 0 bridgehead atoms. The smallest absolute Gasteiger partial charge is 0.0454 e. The monoisotopic (exact) mass is 284 g/mol. The second-order valence-electron chi connectivity index (χ2n) is 4.97. The molecule has 0 aliphatic heterocycles. The zero-order valence-electron chi connectivity index (χ0n) is 11.3. The van der Waals surface area contributed by atoms with E-state index in [-0.39, 0.29) is 0 Å². The summed E-state index contributed by atoms with van der Waals surface area (Å²) in [5, 5.41) is 13.5. The van der Waals surface area contributed by atoms with Crippen LogP contribution in [0.15, 0.2) is 58.8 Å². The maximum Gasteiger partial charge on any atom is 0.0454 e. The van der Waals surface area contributed by atoms with Gasteiger partial charge in [-0.05, 0) is 43.4 Å². The standard InChI is InChI=1S/C16H8N6/c17-21-19-13-7-3-9-1-2-10-4-8-14(20-22-18)12-6-5-11(13)15(9)16(10)12/h1-8H. The van der Waals surface area contributed by atoms with Gasteiger partial charge >= 0.3 is 0 Å². The van der Waals surface area contributed by atoms with Gasteiger partial charge in [0.1, 0.15) is 0 Å². The highest BCUT2D eigenvalue weighted by Gasteiger charge is 2.11. The molecule has 0 saturated heterocycles. The molecular formula is C16H8N6. The minimum Gasteiger partial charge on any atom is -0.0601 e. The van der Waals surface area contributed by atoms with Gasteiger partial charge in [-0.2, -0.15) is 0 Å². The van der Waals surface area contributed by atoms with Crippen molar-refractivity contribution in [3.63, 3.8) is 0 Å². The first kappa shape index (κ1) is 12.3. The number of azide groups is 2. The highest BCUT2D eigenvalue weighted by molar-refractivity contribution is 6.26. The third-order valence-electron chi connectivity index (χ3n) is 3.92. The van der Waals surface area contributed by atoms with E-state index in [0.29, 0.717) is 11.4 Å². The van der Waals surface area contributed by atoms with E-state index in [1.54, 1.807) is 0 Å². The van der Waals surface area contributed by atoms with Crippen LogP contribution >= 0.6 is 0 Å². The van der Waals surface area contributed by atoms with Crippen LogP contribution in [0.2, 0.25) is 0 Å². The molecule has 0 N–H and O–H groups in total. The topological polar surface area (TPSA) is 97.5 Å². The SMILES string of the molecule is [N-]=[N+]=Nc1ccc2ccc3ccc(N=[N+]=[N-])c4ccc1c2c34. The molecule has 0 heterocycles. The van der Waals surface area contributed by atoms with E-state index in [2.05, 4.69) is 20.1 Å². The highest BCUT2D eigenvalue weighted by Crippen LogP contribution is 2.41. The molecule has 0 aliphatic rings. The lowest BCUT2D eigenvalue weighted by molar-refractivity contribution is 1.51. The lowest BCUT2D eigenvalue weighted by Crippen LogP contribution is -1.84. The van der Waals surface area contributed by atoms with Crippen LogP contribution in [0.1, 0.15) is 0 Å². The molecule has 6 heteroatoms. The van der Waals surface area contributed by atoms with E-state index in [1.165, 1.54) is 0 Å². The second kappa shape index (κ2) is 4.53. The fraction of sp³-hybridized carbons (Fsp3) is 0. The van der Waals surface area contributed by atoms with Crippen LogP contribution < -0.4 is 0 Å². The van der Waals surface area contributed by atoms with Gasteiger partial charge in [-0.1, -0.05) is 58.8 Å². The first-order chi connectivity index (χ1) is 10.8. The number of benzene rings is 4. The molecule has 4 aromatic carbocycles. The average Bonchev–Trinajstić information content (AvgIpc) is 2.55. The van der Waals surface area contributed by atoms with Crippen molar-refractivity contribution >= 4 is 43.7 Å². The van der Waals surface area contributed by atoms with E-state index >= 15 is 0 Å². The first-order valence-corrected chi connectivity index (χ1v) is 6.64. The number of hydrogen-bond donors (Lipinski definition) is 0. The van der Waals surface area contributed by atoms with E-state index < -0.39 is 0 Å². The Bertz CT molecular complexity index is 1040. The average molecular weight is 284 g/mol. The van der Waals surface area contributed by atoms with Gasteiger partial charge < -0.3 is 0 Å². The van der Waals surface area contributed by atoms with Crippen molar-refractivity contribution in [2.75, 3.05) is 0 Å². The van der Waals surface area contributed by atoms with Crippen molar-refractivity contribution in [2.45, 2.75) is 0 Å². The number of hydrogen-bond acceptors (Lipinski definition) is 2. The van der Waals surface area contributed by atoms with Crippen molar-refractivity contribution in [3.05, 3.63) is 69.4 Å². The Morgan fingerprint density at radius 1 is 0.591 bits per heavy atom. The molecule has 0 spiro atoms. The molecule has 0 unspecified atom stereocenters. The zero-order chi connectivity index (χ0) is 15.1. The molecule has 0 saturated carbocycles. The Morgan fingerprint density at radius 2 is 1.00 bits per heavy atom. The van der Waals surface area contributed by atoms with Crippen molar-refractivity contribution in [2.24, 2.45) is 10.2 Å². The Morgan fingerprint density at radius 3 is 1.41 bits per heavy atom. The number of rotatable bonds is 2. The van der Waals surface area contributed by atoms with Crippen LogP contribution in [0.4, 0.5) is 11.4 Å². The minimum atomic E-state index is 0.596. The first-order valence-electron chi connectivity index (χ1n) is 6.64. The molecule has 6 nitrogen and oxygen atoms in total. The minimum absolute atomic E-state index is 0.596. The summed E-state index contributed by atoms with van der Waals surface area (Å²) >= 11 is 0. The molecule has 4 aromatic rings. The lowest BCUT2D eigenvalue weighted by Gasteiger charge is -2.13. The predicted octanol–water partition coefficient (Wildman–Crippen LogP) is 6.47. The molecule has 22 heavy (non-hydrogen) atoms. The summed E-state index contributed by atoms with van der Waals surface area (Å²) in [6.07, 6.45) is 0.